The number of benzene rings is 2. The van der Waals surface area contributed by atoms with E-state index in [-0.39, 0.29) is 24.1 Å². The van der Waals surface area contributed by atoms with E-state index in [0.29, 0.717) is 15.8 Å². The standard InChI is InChI=1S/C14H11BrF2N2O/c15-12-7-11(5-6-13(12)17)18-8-14(20)19-10-3-1-9(16)2-4-10/h1-7,18H,8H2,(H,19,20). The highest BCUT2D eigenvalue weighted by atomic mass is 79.9. The third kappa shape index (κ3) is 4.03. The second kappa shape index (κ2) is 6.47. The van der Waals surface area contributed by atoms with Crippen LogP contribution in [-0.4, -0.2) is 12.5 Å². The lowest BCUT2D eigenvalue weighted by Crippen LogP contribution is -2.21. The first-order chi connectivity index (χ1) is 9.54. The van der Waals surface area contributed by atoms with E-state index >= 15 is 0 Å². The maximum atomic E-state index is 13.0. The molecule has 20 heavy (non-hydrogen) atoms. The zero-order chi connectivity index (χ0) is 14.5. The van der Waals surface area contributed by atoms with Crippen molar-refractivity contribution in [1.29, 1.82) is 0 Å². The Morgan fingerprint density at radius 1 is 1.05 bits per heavy atom. The summed E-state index contributed by atoms with van der Waals surface area (Å²) in [6, 6.07) is 9.85. The van der Waals surface area contributed by atoms with Gasteiger partial charge in [-0.05, 0) is 58.4 Å². The van der Waals surface area contributed by atoms with Gasteiger partial charge in [0.15, 0.2) is 0 Å². The van der Waals surface area contributed by atoms with E-state index < -0.39 is 0 Å². The molecule has 0 unspecified atom stereocenters. The molecule has 0 aliphatic rings. The molecule has 0 aliphatic heterocycles. The number of anilines is 2. The van der Waals surface area contributed by atoms with Crippen molar-refractivity contribution >= 4 is 33.2 Å². The van der Waals surface area contributed by atoms with Crippen LogP contribution in [0.15, 0.2) is 46.9 Å². The van der Waals surface area contributed by atoms with Gasteiger partial charge in [-0.3, -0.25) is 4.79 Å². The fourth-order valence-electron chi connectivity index (χ4n) is 1.53. The quantitative estimate of drug-likeness (QED) is 0.889. The second-order valence-electron chi connectivity index (χ2n) is 4.04. The summed E-state index contributed by atoms with van der Waals surface area (Å²) < 4.78 is 26.1. The van der Waals surface area contributed by atoms with Crippen molar-refractivity contribution in [3.63, 3.8) is 0 Å². The Morgan fingerprint density at radius 3 is 2.35 bits per heavy atom. The normalized spacial score (nSPS) is 10.2. The maximum absolute atomic E-state index is 13.0. The smallest absolute Gasteiger partial charge is 0.243 e. The van der Waals surface area contributed by atoms with Crippen LogP contribution in [0.1, 0.15) is 0 Å². The summed E-state index contributed by atoms with van der Waals surface area (Å²) in [7, 11) is 0. The summed E-state index contributed by atoms with van der Waals surface area (Å²) in [5.74, 6) is -1.01. The van der Waals surface area contributed by atoms with Crippen molar-refractivity contribution in [2.45, 2.75) is 0 Å². The average molecular weight is 341 g/mol. The molecule has 0 spiro atoms. The lowest BCUT2D eigenvalue weighted by atomic mass is 10.3. The summed E-state index contributed by atoms with van der Waals surface area (Å²) in [6.45, 7) is 0.0233. The highest BCUT2D eigenvalue weighted by Gasteiger charge is 2.04. The predicted octanol–water partition coefficient (Wildman–Crippen LogP) is 3.78. The van der Waals surface area contributed by atoms with Gasteiger partial charge in [0.1, 0.15) is 11.6 Å². The molecule has 0 radical (unpaired) electrons. The summed E-state index contributed by atoms with van der Waals surface area (Å²) >= 11 is 3.06. The molecule has 0 aromatic heterocycles. The molecule has 0 fully saturated rings. The van der Waals surface area contributed by atoms with Crippen molar-refractivity contribution < 1.29 is 13.6 Å². The molecule has 6 heteroatoms. The summed E-state index contributed by atoms with van der Waals surface area (Å²) in [6.07, 6.45) is 0. The van der Waals surface area contributed by atoms with E-state index in [9.17, 15) is 13.6 Å². The van der Waals surface area contributed by atoms with Crippen LogP contribution in [0.3, 0.4) is 0 Å². The molecular weight excluding hydrogens is 330 g/mol. The first kappa shape index (κ1) is 14.5. The molecule has 0 saturated carbocycles. The van der Waals surface area contributed by atoms with E-state index in [0.717, 1.165) is 0 Å². The zero-order valence-electron chi connectivity index (χ0n) is 10.3. The average Bonchev–Trinajstić information content (AvgIpc) is 2.43. The summed E-state index contributed by atoms with van der Waals surface area (Å²) in [5, 5.41) is 5.47. The Hall–Kier alpha value is -1.95. The molecule has 0 saturated heterocycles. The van der Waals surface area contributed by atoms with Crippen molar-refractivity contribution in [3.8, 4) is 0 Å². The fourth-order valence-corrected chi connectivity index (χ4v) is 1.91. The molecule has 0 aliphatic carbocycles. The van der Waals surface area contributed by atoms with Crippen LogP contribution in [-0.2, 0) is 4.79 Å². The Bertz CT molecular complexity index is 617. The van der Waals surface area contributed by atoms with Gasteiger partial charge >= 0.3 is 0 Å². The van der Waals surface area contributed by atoms with E-state index in [2.05, 4.69) is 26.6 Å². The van der Waals surface area contributed by atoms with Crippen LogP contribution < -0.4 is 10.6 Å². The van der Waals surface area contributed by atoms with E-state index in [4.69, 9.17) is 0 Å². The van der Waals surface area contributed by atoms with Crippen molar-refractivity contribution in [3.05, 3.63) is 58.6 Å². The summed E-state index contributed by atoms with van der Waals surface area (Å²) in [4.78, 5) is 11.7. The number of amides is 1. The van der Waals surface area contributed by atoms with Gasteiger partial charge in [0.25, 0.3) is 0 Å². The zero-order valence-corrected chi connectivity index (χ0v) is 11.9. The Kier molecular flexibility index (Phi) is 4.68. The second-order valence-corrected chi connectivity index (χ2v) is 4.89. The van der Waals surface area contributed by atoms with E-state index in [1.165, 1.54) is 36.4 Å². The number of hydrogen-bond donors (Lipinski definition) is 2. The molecular formula is C14H11BrF2N2O. The molecule has 1 amide bonds. The van der Waals surface area contributed by atoms with Gasteiger partial charge in [-0.15, -0.1) is 0 Å². The molecule has 3 nitrogen and oxygen atoms in total. The monoisotopic (exact) mass is 340 g/mol. The Balaban J connectivity index is 1.88. The highest BCUT2D eigenvalue weighted by molar-refractivity contribution is 9.10. The predicted molar refractivity (Wildman–Crippen MR) is 77.6 cm³/mol. The SMILES string of the molecule is O=C(CNc1ccc(F)c(Br)c1)Nc1ccc(F)cc1. The number of carbonyl (C=O) groups is 1. The first-order valence-corrected chi connectivity index (χ1v) is 6.58. The maximum Gasteiger partial charge on any atom is 0.243 e. The van der Waals surface area contributed by atoms with Crippen molar-refractivity contribution in [2.75, 3.05) is 17.2 Å². The lowest BCUT2D eigenvalue weighted by Gasteiger charge is -2.08. The minimum Gasteiger partial charge on any atom is -0.376 e. The largest absolute Gasteiger partial charge is 0.376 e. The number of rotatable bonds is 4. The Labute approximate surface area is 123 Å². The number of halogens is 3. The van der Waals surface area contributed by atoms with Gasteiger partial charge in [-0.2, -0.15) is 0 Å². The minimum atomic E-state index is -0.369. The number of nitrogens with one attached hydrogen (secondary N) is 2. The van der Waals surface area contributed by atoms with Gasteiger partial charge in [0.2, 0.25) is 5.91 Å². The third-order valence-corrected chi connectivity index (χ3v) is 3.11. The topological polar surface area (TPSA) is 41.1 Å². The van der Waals surface area contributed by atoms with Gasteiger partial charge in [-0.25, -0.2) is 8.78 Å². The molecule has 0 bridgehead atoms. The highest BCUT2D eigenvalue weighted by Crippen LogP contribution is 2.19. The summed E-state index contributed by atoms with van der Waals surface area (Å²) in [5.41, 5.74) is 1.13. The van der Waals surface area contributed by atoms with Crippen molar-refractivity contribution in [1.82, 2.24) is 0 Å². The molecule has 0 heterocycles. The van der Waals surface area contributed by atoms with Crippen LogP contribution >= 0.6 is 15.9 Å². The Morgan fingerprint density at radius 2 is 1.70 bits per heavy atom. The van der Waals surface area contributed by atoms with Gasteiger partial charge < -0.3 is 10.6 Å². The van der Waals surface area contributed by atoms with Crippen LogP contribution in [0.25, 0.3) is 0 Å². The molecule has 2 aromatic rings. The van der Waals surface area contributed by atoms with Gasteiger partial charge in [-0.1, -0.05) is 0 Å². The molecule has 2 aromatic carbocycles. The number of hydrogen-bond acceptors (Lipinski definition) is 2. The van der Waals surface area contributed by atoms with Crippen LogP contribution in [0, 0.1) is 11.6 Å². The lowest BCUT2D eigenvalue weighted by molar-refractivity contribution is -0.114. The molecule has 104 valence electrons. The molecule has 2 rings (SSSR count). The first-order valence-electron chi connectivity index (χ1n) is 5.79. The third-order valence-electron chi connectivity index (χ3n) is 2.50. The van der Waals surface area contributed by atoms with Crippen molar-refractivity contribution in [2.24, 2.45) is 0 Å². The van der Waals surface area contributed by atoms with Gasteiger partial charge in [0.05, 0.1) is 11.0 Å². The van der Waals surface area contributed by atoms with E-state index in [1.807, 2.05) is 0 Å². The fraction of sp³-hybridized carbons (Fsp3) is 0.0714. The number of carbonyl (C=O) groups excluding carboxylic acids is 1. The van der Waals surface area contributed by atoms with Gasteiger partial charge in [0, 0.05) is 11.4 Å². The van der Waals surface area contributed by atoms with Crippen LogP contribution in [0.2, 0.25) is 0 Å². The van der Waals surface area contributed by atoms with Crippen LogP contribution in [0.4, 0.5) is 20.2 Å². The molecule has 2 N–H and O–H groups in total. The minimum absolute atomic E-state index is 0.0233. The van der Waals surface area contributed by atoms with E-state index in [1.54, 1.807) is 6.07 Å². The molecule has 0 atom stereocenters. The van der Waals surface area contributed by atoms with Crippen LogP contribution in [0.5, 0.6) is 0 Å².